The van der Waals surface area contributed by atoms with Crippen LogP contribution in [0, 0.1) is 0 Å². The molecule has 1 aromatic rings. The van der Waals surface area contributed by atoms with E-state index in [9.17, 15) is 9.59 Å². The van der Waals surface area contributed by atoms with Gasteiger partial charge in [-0.15, -0.1) is 0 Å². The van der Waals surface area contributed by atoms with E-state index in [0.29, 0.717) is 13.0 Å². The van der Waals surface area contributed by atoms with Crippen molar-refractivity contribution in [2.24, 2.45) is 0 Å². The summed E-state index contributed by atoms with van der Waals surface area (Å²) >= 11 is 0. The van der Waals surface area contributed by atoms with Gasteiger partial charge in [0.05, 0.1) is 0 Å². The maximum absolute atomic E-state index is 11.1. The lowest BCUT2D eigenvalue weighted by Crippen LogP contribution is -2.30. The quantitative estimate of drug-likeness (QED) is 0.636. The minimum Gasteiger partial charge on any atom is -0.326 e. The number of rotatable bonds is 3. The van der Waals surface area contributed by atoms with Crippen LogP contribution < -0.4 is 10.6 Å². The van der Waals surface area contributed by atoms with E-state index in [0.717, 1.165) is 0 Å². The topological polar surface area (TPSA) is 76.0 Å². The van der Waals surface area contributed by atoms with Crippen LogP contribution in [0.2, 0.25) is 0 Å². The summed E-state index contributed by atoms with van der Waals surface area (Å²) in [6.45, 7) is 0.616. The van der Waals surface area contributed by atoms with Gasteiger partial charge in [0, 0.05) is 18.9 Å². The summed E-state index contributed by atoms with van der Waals surface area (Å²) < 4.78 is 1.72. The lowest BCUT2D eigenvalue weighted by molar-refractivity contribution is -0.120. The number of imide groups is 1. The molecule has 1 aromatic heterocycles. The zero-order valence-electron chi connectivity index (χ0n) is 7.43. The fourth-order valence-corrected chi connectivity index (χ4v) is 1.36. The first kappa shape index (κ1) is 8.74. The van der Waals surface area contributed by atoms with Crippen LogP contribution in [0.15, 0.2) is 18.5 Å². The van der Waals surface area contributed by atoms with Crippen molar-refractivity contribution in [3.05, 3.63) is 18.5 Å². The molecule has 2 rings (SSSR count). The van der Waals surface area contributed by atoms with Crippen molar-refractivity contribution in [1.82, 2.24) is 20.4 Å². The first-order chi connectivity index (χ1) is 6.75. The van der Waals surface area contributed by atoms with Crippen LogP contribution >= 0.6 is 0 Å². The van der Waals surface area contributed by atoms with Gasteiger partial charge in [0.1, 0.15) is 6.04 Å². The van der Waals surface area contributed by atoms with Crippen molar-refractivity contribution in [2.75, 3.05) is 0 Å². The molecule has 0 bridgehead atoms. The largest absolute Gasteiger partial charge is 0.326 e. The Hall–Kier alpha value is -1.85. The Balaban J connectivity index is 1.87. The third kappa shape index (κ3) is 1.73. The van der Waals surface area contributed by atoms with E-state index in [-0.39, 0.29) is 5.91 Å². The molecule has 74 valence electrons. The van der Waals surface area contributed by atoms with Gasteiger partial charge in [0.15, 0.2) is 0 Å². The number of carbonyl (C=O) groups is 2. The van der Waals surface area contributed by atoms with Crippen molar-refractivity contribution in [2.45, 2.75) is 19.0 Å². The Kier molecular flexibility index (Phi) is 2.18. The fraction of sp³-hybridized carbons (Fsp3) is 0.375. The average molecular weight is 194 g/mol. The van der Waals surface area contributed by atoms with Crippen LogP contribution in [0.4, 0.5) is 4.79 Å². The lowest BCUT2D eigenvalue weighted by atomic mass is 10.2. The fourth-order valence-electron chi connectivity index (χ4n) is 1.36. The average Bonchev–Trinajstić information content (AvgIpc) is 2.72. The molecule has 1 aliphatic rings. The van der Waals surface area contributed by atoms with Crippen LogP contribution in [0.5, 0.6) is 0 Å². The molecule has 0 aliphatic carbocycles. The molecule has 6 nitrogen and oxygen atoms in total. The molecular formula is C8H10N4O2. The summed E-state index contributed by atoms with van der Waals surface area (Å²) in [5.41, 5.74) is 0. The second-order valence-electron chi connectivity index (χ2n) is 3.07. The standard InChI is InChI=1S/C8H10N4O2/c13-7-6(10-8(14)11-7)2-5-12-4-1-3-9-12/h1,3-4,6H,2,5H2,(H2,10,11,13,14)/t6-/m1/s1. The van der Waals surface area contributed by atoms with E-state index in [1.165, 1.54) is 0 Å². The van der Waals surface area contributed by atoms with E-state index in [2.05, 4.69) is 15.7 Å². The minimum absolute atomic E-state index is 0.262. The highest BCUT2D eigenvalue weighted by Gasteiger charge is 2.28. The predicted molar refractivity (Wildman–Crippen MR) is 47.3 cm³/mol. The molecule has 6 heteroatoms. The lowest BCUT2D eigenvalue weighted by Gasteiger charge is -2.06. The number of nitrogens with one attached hydrogen (secondary N) is 2. The molecule has 1 atom stereocenters. The number of amides is 3. The van der Waals surface area contributed by atoms with Gasteiger partial charge in [-0.2, -0.15) is 5.10 Å². The highest BCUT2D eigenvalue weighted by Crippen LogP contribution is 2.00. The molecule has 1 saturated heterocycles. The van der Waals surface area contributed by atoms with Gasteiger partial charge in [-0.1, -0.05) is 0 Å². The zero-order chi connectivity index (χ0) is 9.97. The summed E-state index contributed by atoms with van der Waals surface area (Å²) in [4.78, 5) is 21.9. The summed E-state index contributed by atoms with van der Waals surface area (Å²) in [5.74, 6) is -0.262. The van der Waals surface area contributed by atoms with Crippen molar-refractivity contribution >= 4 is 11.9 Å². The molecule has 0 aromatic carbocycles. The number of aryl methyl sites for hydroxylation is 1. The Morgan fingerprint density at radius 1 is 1.50 bits per heavy atom. The highest BCUT2D eigenvalue weighted by molar-refractivity contribution is 6.04. The molecule has 2 N–H and O–H groups in total. The van der Waals surface area contributed by atoms with E-state index in [4.69, 9.17) is 0 Å². The maximum Gasteiger partial charge on any atom is 0.322 e. The third-order valence-electron chi connectivity index (χ3n) is 2.06. The number of carbonyl (C=O) groups excluding carboxylic acids is 2. The van der Waals surface area contributed by atoms with E-state index in [1.807, 2.05) is 12.3 Å². The minimum atomic E-state index is -0.424. The SMILES string of the molecule is O=C1NC(=O)[C@@H](CCn2cccn2)N1. The third-order valence-corrected chi connectivity index (χ3v) is 2.06. The number of urea groups is 1. The monoisotopic (exact) mass is 194 g/mol. The first-order valence-corrected chi connectivity index (χ1v) is 4.34. The van der Waals surface area contributed by atoms with Gasteiger partial charge in [-0.25, -0.2) is 4.79 Å². The van der Waals surface area contributed by atoms with Gasteiger partial charge in [-0.05, 0) is 12.5 Å². The number of hydrogen-bond acceptors (Lipinski definition) is 3. The molecule has 1 aliphatic heterocycles. The van der Waals surface area contributed by atoms with Crippen LogP contribution in [-0.4, -0.2) is 27.8 Å². The van der Waals surface area contributed by atoms with Gasteiger partial charge >= 0.3 is 6.03 Å². The number of nitrogens with zero attached hydrogens (tertiary/aromatic N) is 2. The first-order valence-electron chi connectivity index (χ1n) is 4.34. The van der Waals surface area contributed by atoms with Crippen LogP contribution in [0.1, 0.15) is 6.42 Å². The molecule has 0 spiro atoms. The van der Waals surface area contributed by atoms with Crippen LogP contribution in [0.3, 0.4) is 0 Å². The Morgan fingerprint density at radius 3 is 2.93 bits per heavy atom. The second kappa shape index (κ2) is 3.49. The van der Waals surface area contributed by atoms with E-state index >= 15 is 0 Å². The molecule has 0 unspecified atom stereocenters. The van der Waals surface area contributed by atoms with Gasteiger partial charge in [0.2, 0.25) is 0 Å². The normalized spacial score (nSPS) is 20.7. The molecular weight excluding hydrogens is 184 g/mol. The Bertz CT molecular complexity index is 346. The Morgan fingerprint density at radius 2 is 2.36 bits per heavy atom. The summed E-state index contributed by atoms with van der Waals surface area (Å²) in [6.07, 6.45) is 4.04. The molecule has 2 heterocycles. The molecule has 3 amide bonds. The number of hydrogen-bond donors (Lipinski definition) is 2. The van der Waals surface area contributed by atoms with Crippen LogP contribution in [0.25, 0.3) is 0 Å². The van der Waals surface area contributed by atoms with Gasteiger partial charge in [-0.3, -0.25) is 14.8 Å². The molecule has 0 saturated carbocycles. The molecule has 1 fully saturated rings. The maximum atomic E-state index is 11.1. The number of aromatic nitrogens is 2. The summed E-state index contributed by atoms with van der Waals surface area (Å²) in [7, 11) is 0. The van der Waals surface area contributed by atoms with Crippen molar-refractivity contribution in [3.8, 4) is 0 Å². The van der Waals surface area contributed by atoms with E-state index in [1.54, 1.807) is 10.9 Å². The van der Waals surface area contributed by atoms with Gasteiger partial charge in [0.25, 0.3) is 5.91 Å². The zero-order valence-corrected chi connectivity index (χ0v) is 7.43. The Labute approximate surface area is 80.3 Å². The predicted octanol–water partition coefficient (Wildman–Crippen LogP) is -0.519. The summed E-state index contributed by atoms with van der Waals surface area (Å²) in [5, 5.41) is 8.70. The second-order valence-corrected chi connectivity index (χ2v) is 3.07. The van der Waals surface area contributed by atoms with Crippen molar-refractivity contribution < 1.29 is 9.59 Å². The summed E-state index contributed by atoms with van der Waals surface area (Å²) in [6, 6.07) is 0.972. The van der Waals surface area contributed by atoms with Gasteiger partial charge < -0.3 is 5.32 Å². The highest BCUT2D eigenvalue weighted by atomic mass is 16.2. The van der Waals surface area contributed by atoms with E-state index < -0.39 is 12.1 Å². The molecule has 0 radical (unpaired) electrons. The van der Waals surface area contributed by atoms with Crippen molar-refractivity contribution in [3.63, 3.8) is 0 Å². The molecule has 14 heavy (non-hydrogen) atoms. The van der Waals surface area contributed by atoms with Crippen LogP contribution in [-0.2, 0) is 11.3 Å². The smallest absolute Gasteiger partial charge is 0.322 e. The van der Waals surface area contributed by atoms with Crippen molar-refractivity contribution in [1.29, 1.82) is 0 Å².